The van der Waals surface area contributed by atoms with Gasteiger partial charge < -0.3 is 24.3 Å². The molecule has 0 aromatic carbocycles. The van der Waals surface area contributed by atoms with Gasteiger partial charge in [0.1, 0.15) is 0 Å². The molecule has 0 aromatic heterocycles. The van der Waals surface area contributed by atoms with Gasteiger partial charge in [-0.2, -0.15) is 0 Å². The minimum absolute atomic E-state index is 0.487. The average Bonchev–Trinajstić information content (AvgIpc) is 3.33. The molecule has 6 nitrogen and oxygen atoms in total. The summed E-state index contributed by atoms with van der Waals surface area (Å²) in [5, 5.41) is 3.59. The standard InChI is InChI=1S/C15H30N2O4/c1-18-8-9-20-11-10-19-6-4-17-5-7-21-13-15(17)12-16-14-2-3-14/h14-16H,2-13H2,1H3. The highest BCUT2D eigenvalue weighted by molar-refractivity contribution is 4.85. The van der Waals surface area contributed by atoms with E-state index < -0.39 is 0 Å². The third-order valence-electron chi connectivity index (χ3n) is 3.90. The summed E-state index contributed by atoms with van der Waals surface area (Å²) in [7, 11) is 1.68. The first-order valence-electron chi connectivity index (χ1n) is 8.09. The molecule has 0 amide bonds. The first-order valence-corrected chi connectivity index (χ1v) is 8.09. The molecule has 0 aromatic rings. The van der Waals surface area contributed by atoms with Crippen LogP contribution in [0.4, 0.5) is 0 Å². The number of hydrogen-bond donors (Lipinski definition) is 1. The Balaban J connectivity index is 1.48. The molecule has 1 saturated heterocycles. The number of hydrogen-bond acceptors (Lipinski definition) is 6. The molecule has 1 heterocycles. The SMILES string of the molecule is COCCOCCOCCN1CCOCC1CNC1CC1. The molecular weight excluding hydrogens is 272 g/mol. The number of rotatable bonds is 12. The van der Waals surface area contributed by atoms with Crippen LogP contribution in [0.1, 0.15) is 12.8 Å². The second kappa shape index (κ2) is 10.5. The third-order valence-corrected chi connectivity index (χ3v) is 3.90. The zero-order chi connectivity index (χ0) is 14.8. The van der Waals surface area contributed by atoms with Crippen molar-refractivity contribution in [3.63, 3.8) is 0 Å². The lowest BCUT2D eigenvalue weighted by Crippen LogP contribution is -2.51. The lowest BCUT2D eigenvalue weighted by Gasteiger charge is -2.35. The fourth-order valence-electron chi connectivity index (χ4n) is 2.41. The molecule has 1 N–H and O–H groups in total. The Bertz CT molecular complexity index is 264. The minimum atomic E-state index is 0.487. The van der Waals surface area contributed by atoms with Crippen molar-refractivity contribution in [1.82, 2.24) is 10.2 Å². The zero-order valence-corrected chi connectivity index (χ0v) is 13.2. The first kappa shape index (κ1) is 17.1. The van der Waals surface area contributed by atoms with E-state index in [9.17, 15) is 0 Å². The highest BCUT2D eigenvalue weighted by Crippen LogP contribution is 2.19. The predicted octanol–water partition coefficient (Wildman–Crippen LogP) is 0.119. The van der Waals surface area contributed by atoms with E-state index in [1.54, 1.807) is 7.11 Å². The van der Waals surface area contributed by atoms with Crippen molar-refractivity contribution in [3.05, 3.63) is 0 Å². The van der Waals surface area contributed by atoms with Gasteiger partial charge in [-0.1, -0.05) is 0 Å². The fraction of sp³-hybridized carbons (Fsp3) is 1.00. The summed E-state index contributed by atoms with van der Waals surface area (Å²) in [6, 6.07) is 1.25. The molecule has 1 atom stereocenters. The Morgan fingerprint density at radius 3 is 2.62 bits per heavy atom. The van der Waals surface area contributed by atoms with Crippen LogP contribution in [0.15, 0.2) is 0 Å². The smallest absolute Gasteiger partial charge is 0.0701 e. The number of ether oxygens (including phenoxy) is 4. The molecule has 1 unspecified atom stereocenters. The van der Waals surface area contributed by atoms with Gasteiger partial charge in [0.25, 0.3) is 0 Å². The van der Waals surface area contributed by atoms with Crippen molar-refractivity contribution >= 4 is 0 Å². The highest BCUT2D eigenvalue weighted by atomic mass is 16.5. The summed E-state index contributed by atoms with van der Waals surface area (Å²) >= 11 is 0. The molecule has 124 valence electrons. The van der Waals surface area contributed by atoms with Gasteiger partial charge in [0.2, 0.25) is 0 Å². The zero-order valence-electron chi connectivity index (χ0n) is 13.2. The van der Waals surface area contributed by atoms with Crippen LogP contribution in [0, 0.1) is 0 Å². The Morgan fingerprint density at radius 2 is 1.86 bits per heavy atom. The van der Waals surface area contributed by atoms with Gasteiger partial charge >= 0.3 is 0 Å². The van der Waals surface area contributed by atoms with E-state index in [0.717, 1.165) is 45.5 Å². The number of methoxy groups -OCH3 is 1. The Labute approximate surface area is 128 Å². The molecule has 2 fully saturated rings. The lowest BCUT2D eigenvalue weighted by molar-refractivity contribution is -0.0262. The van der Waals surface area contributed by atoms with E-state index in [0.29, 0.717) is 32.5 Å². The van der Waals surface area contributed by atoms with Crippen molar-refractivity contribution in [1.29, 1.82) is 0 Å². The van der Waals surface area contributed by atoms with Crippen molar-refractivity contribution in [2.24, 2.45) is 0 Å². The van der Waals surface area contributed by atoms with Gasteiger partial charge in [-0.15, -0.1) is 0 Å². The maximum Gasteiger partial charge on any atom is 0.0701 e. The van der Waals surface area contributed by atoms with Crippen LogP contribution in [0.2, 0.25) is 0 Å². The first-order chi connectivity index (χ1) is 10.4. The second-order valence-electron chi connectivity index (χ2n) is 5.66. The minimum Gasteiger partial charge on any atom is -0.382 e. The van der Waals surface area contributed by atoms with Crippen molar-refractivity contribution in [3.8, 4) is 0 Å². The van der Waals surface area contributed by atoms with E-state index in [1.165, 1.54) is 12.8 Å². The van der Waals surface area contributed by atoms with Crippen LogP contribution < -0.4 is 5.32 Å². The van der Waals surface area contributed by atoms with Gasteiger partial charge in [-0.05, 0) is 12.8 Å². The molecule has 1 saturated carbocycles. The third kappa shape index (κ3) is 7.54. The normalized spacial score (nSPS) is 23.6. The average molecular weight is 302 g/mol. The second-order valence-corrected chi connectivity index (χ2v) is 5.66. The van der Waals surface area contributed by atoms with Gasteiger partial charge in [0, 0.05) is 38.8 Å². The molecule has 2 rings (SSSR count). The Kier molecular flexibility index (Phi) is 8.54. The summed E-state index contributed by atoms with van der Waals surface area (Å²) in [5.74, 6) is 0. The molecule has 1 aliphatic heterocycles. The molecule has 21 heavy (non-hydrogen) atoms. The van der Waals surface area contributed by atoms with Crippen LogP contribution in [-0.4, -0.2) is 90.0 Å². The van der Waals surface area contributed by atoms with E-state index >= 15 is 0 Å². The van der Waals surface area contributed by atoms with Gasteiger partial charge in [0.05, 0.1) is 46.2 Å². The maximum atomic E-state index is 5.63. The summed E-state index contributed by atoms with van der Waals surface area (Å²) < 4.78 is 21.5. The van der Waals surface area contributed by atoms with Crippen LogP contribution in [0.3, 0.4) is 0 Å². The maximum absolute atomic E-state index is 5.63. The number of morpholine rings is 1. The number of nitrogens with one attached hydrogen (secondary N) is 1. The quantitative estimate of drug-likeness (QED) is 0.517. The van der Waals surface area contributed by atoms with Gasteiger partial charge in [-0.25, -0.2) is 0 Å². The topological polar surface area (TPSA) is 52.2 Å². The largest absolute Gasteiger partial charge is 0.382 e. The van der Waals surface area contributed by atoms with E-state index in [-0.39, 0.29) is 0 Å². The van der Waals surface area contributed by atoms with E-state index in [4.69, 9.17) is 18.9 Å². The number of nitrogens with zero attached hydrogens (tertiary/aromatic N) is 1. The molecule has 0 spiro atoms. The Hall–Kier alpha value is -0.240. The molecule has 0 bridgehead atoms. The molecule has 2 aliphatic rings. The van der Waals surface area contributed by atoms with Crippen molar-refractivity contribution < 1.29 is 18.9 Å². The molecule has 1 aliphatic carbocycles. The monoisotopic (exact) mass is 302 g/mol. The summed E-state index contributed by atoms with van der Waals surface area (Å²) in [5.41, 5.74) is 0. The Morgan fingerprint density at radius 1 is 1.10 bits per heavy atom. The van der Waals surface area contributed by atoms with E-state index in [1.807, 2.05) is 0 Å². The van der Waals surface area contributed by atoms with Crippen LogP contribution >= 0.6 is 0 Å². The van der Waals surface area contributed by atoms with Crippen molar-refractivity contribution in [2.75, 3.05) is 73.0 Å². The van der Waals surface area contributed by atoms with Crippen LogP contribution in [0.5, 0.6) is 0 Å². The van der Waals surface area contributed by atoms with Crippen LogP contribution in [-0.2, 0) is 18.9 Å². The van der Waals surface area contributed by atoms with Crippen LogP contribution in [0.25, 0.3) is 0 Å². The fourth-order valence-corrected chi connectivity index (χ4v) is 2.41. The molecule has 0 radical (unpaired) electrons. The van der Waals surface area contributed by atoms with E-state index in [2.05, 4.69) is 10.2 Å². The van der Waals surface area contributed by atoms with Crippen molar-refractivity contribution in [2.45, 2.75) is 24.9 Å². The lowest BCUT2D eigenvalue weighted by atomic mass is 10.2. The molecular formula is C15H30N2O4. The molecule has 6 heteroatoms. The summed E-state index contributed by atoms with van der Waals surface area (Å²) in [6.07, 6.45) is 2.67. The predicted molar refractivity (Wildman–Crippen MR) is 80.7 cm³/mol. The highest BCUT2D eigenvalue weighted by Gasteiger charge is 2.26. The summed E-state index contributed by atoms with van der Waals surface area (Å²) in [6.45, 7) is 8.00. The summed E-state index contributed by atoms with van der Waals surface area (Å²) in [4.78, 5) is 2.48. The van der Waals surface area contributed by atoms with Gasteiger partial charge in [0.15, 0.2) is 0 Å². The van der Waals surface area contributed by atoms with Gasteiger partial charge in [-0.3, -0.25) is 4.90 Å².